The number of hydrogen-bond donors (Lipinski definition) is 2. The molecule has 2 amide bonds. The number of fused-ring (bicyclic) bond motifs is 1. The number of benzene rings is 2. The first-order valence-electron chi connectivity index (χ1n) is 9.96. The molecule has 0 unspecified atom stereocenters. The molecule has 2 N–H and O–H groups in total. The van der Waals surface area contributed by atoms with Gasteiger partial charge in [0.2, 0.25) is 0 Å². The molecule has 7 nitrogen and oxygen atoms in total. The molecule has 8 heteroatoms. The Morgan fingerprint density at radius 3 is 2.63 bits per heavy atom. The van der Waals surface area contributed by atoms with Crippen LogP contribution in [0.1, 0.15) is 18.4 Å². The average Bonchev–Trinajstić information content (AvgIpc) is 2.75. The molecule has 0 bridgehead atoms. The van der Waals surface area contributed by atoms with Crippen LogP contribution >= 0.6 is 0 Å². The normalized spacial score (nSPS) is 15.1. The number of nitrogens with one attached hydrogen (secondary N) is 2. The van der Waals surface area contributed by atoms with Crippen molar-refractivity contribution in [2.24, 2.45) is 0 Å². The SMILES string of the molecule is COc1nc2ccc(F)cc2nc1NC(=O)NC1CCN(Cc2ccccc2)CC1. The van der Waals surface area contributed by atoms with E-state index < -0.39 is 5.82 Å². The Labute approximate surface area is 174 Å². The number of methoxy groups -OCH3 is 1. The quantitative estimate of drug-likeness (QED) is 0.674. The summed E-state index contributed by atoms with van der Waals surface area (Å²) >= 11 is 0. The third kappa shape index (κ3) is 4.83. The first-order valence-corrected chi connectivity index (χ1v) is 9.96. The molecule has 0 spiro atoms. The molecule has 1 aliphatic rings. The minimum atomic E-state index is -0.417. The summed E-state index contributed by atoms with van der Waals surface area (Å²) in [6, 6.07) is 14.2. The molecular weight excluding hydrogens is 385 g/mol. The molecule has 3 aromatic rings. The van der Waals surface area contributed by atoms with Gasteiger partial charge in [0.25, 0.3) is 5.88 Å². The van der Waals surface area contributed by atoms with Gasteiger partial charge in [-0.25, -0.2) is 19.2 Å². The van der Waals surface area contributed by atoms with E-state index in [0.29, 0.717) is 11.0 Å². The topological polar surface area (TPSA) is 79.4 Å². The van der Waals surface area contributed by atoms with Gasteiger partial charge in [-0.2, -0.15) is 0 Å². The van der Waals surface area contributed by atoms with Gasteiger partial charge in [-0.3, -0.25) is 10.2 Å². The fourth-order valence-corrected chi connectivity index (χ4v) is 3.64. The second-order valence-corrected chi connectivity index (χ2v) is 7.35. The Balaban J connectivity index is 1.34. The maximum absolute atomic E-state index is 13.5. The number of amides is 2. The van der Waals surface area contributed by atoms with E-state index in [1.54, 1.807) is 0 Å². The van der Waals surface area contributed by atoms with Crippen LogP contribution in [0.15, 0.2) is 48.5 Å². The van der Waals surface area contributed by atoms with Crippen LogP contribution in [0, 0.1) is 5.82 Å². The predicted molar refractivity (Wildman–Crippen MR) is 113 cm³/mol. The monoisotopic (exact) mass is 409 g/mol. The van der Waals surface area contributed by atoms with Crippen LogP contribution in [0.4, 0.5) is 15.0 Å². The van der Waals surface area contributed by atoms with Crippen molar-refractivity contribution < 1.29 is 13.9 Å². The summed E-state index contributed by atoms with van der Waals surface area (Å²) in [6.45, 7) is 2.75. The van der Waals surface area contributed by atoms with Crippen LogP contribution in [-0.4, -0.2) is 47.1 Å². The Morgan fingerprint density at radius 1 is 1.13 bits per heavy atom. The number of likely N-dealkylation sites (tertiary alicyclic amines) is 1. The standard InChI is InChI=1S/C22H24FN5O2/c1-30-21-20(25-19-13-16(23)7-8-18(19)26-21)27-22(29)24-17-9-11-28(12-10-17)14-15-5-3-2-4-6-15/h2-8,13,17H,9-12,14H2,1H3,(H2,24,25,27,29). The Kier molecular flexibility index (Phi) is 6.04. The van der Waals surface area contributed by atoms with Crippen LogP contribution in [0.3, 0.4) is 0 Å². The zero-order chi connectivity index (χ0) is 20.9. The molecule has 30 heavy (non-hydrogen) atoms. The highest BCUT2D eigenvalue weighted by Gasteiger charge is 2.22. The maximum Gasteiger partial charge on any atom is 0.320 e. The lowest BCUT2D eigenvalue weighted by molar-refractivity contribution is 0.190. The predicted octanol–water partition coefficient (Wildman–Crippen LogP) is 3.56. The van der Waals surface area contributed by atoms with Gasteiger partial charge in [0.05, 0.1) is 18.1 Å². The van der Waals surface area contributed by atoms with Gasteiger partial charge in [-0.05, 0) is 30.5 Å². The zero-order valence-corrected chi connectivity index (χ0v) is 16.8. The molecule has 0 atom stereocenters. The van der Waals surface area contributed by atoms with Crippen molar-refractivity contribution in [3.05, 3.63) is 59.9 Å². The summed E-state index contributed by atoms with van der Waals surface area (Å²) in [4.78, 5) is 23.5. The fraction of sp³-hybridized carbons (Fsp3) is 0.318. The molecule has 0 radical (unpaired) electrons. The summed E-state index contributed by atoms with van der Waals surface area (Å²) in [7, 11) is 1.45. The highest BCUT2D eigenvalue weighted by molar-refractivity contribution is 5.91. The molecule has 1 aromatic heterocycles. The molecule has 0 aliphatic carbocycles. The Bertz CT molecular complexity index is 1020. The average molecular weight is 409 g/mol. The van der Waals surface area contributed by atoms with Gasteiger partial charge in [-0.1, -0.05) is 30.3 Å². The molecule has 1 aliphatic heterocycles. The number of anilines is 1. The van der Waals surface area contributed by atoms with E-state index in [1.807, 2.05) is 18.2 Å². The molecule has 0 saturated carbocycles. The fourth-order valence-electron chi connectivity index (χ4n) is 3.64. The molecule has 4 rings (SSSR count). The third-order valence-corrected chi connectivity index (χ3v) is 5.19. The van der Waals surface area contributed by atoms with Gasteiger partial charge >= 0.3 is 6.03 Å². The molecule has 2 heterocycles. The van der Waals surface area contributed by atoms with E-state index in [2.05, 4.69) is 37.6 Å². The lowest BCUT2D eigenvalue weighted by Gasteiger charge is -2.32. The first kappa shape index (κ1) is 20.0. The minimum Gasteiger partial charge on any atom is -0.478 e. The summed E-state index contributed by atoms with van der Waals surface area (Å²) in [5.74, 6) is -0.0730. The third-order valence-electron chi connectivity index (χ3n) is 5.19. The summed E-state index contributed by atoms with van der Waals surface area (Å²) in [6.07, 6.45) is 1.73. The number of rotatable bonds is 5. The summed E-state index contributed by atoms with van der Waals surface area (Å²) in [5, 5.41) is 5.68. The van der Waals surface area contributed by atoms with Crippen LogP contribution in [-0.2, 0) is 6.54 Å². The van der Waals surface area contributed by atoms with Crippen LogP contribution in [0.5, 0.6) is 5.88 Å². The van der Waals surface area contributed by atoms with Gasteiger partial charge in [0.1, 0.15) is 5.82 Å². The highest BCUT2D eigenvalue weighted by atomic mass is 19.1. The second kappa shape index (κ2) is 9.04. The molecular formula is C22H24FN5O2. The van der Waals surface area contributed by atoms with Crippen LogP contribution < -0.4 is 15.4 Å². The maximum atomic E-state index is 13.5. The van der Waals surface area contributed by atoms with E-state index in [-0.39, 0.29) is 23.8 Å². The Hall–Kier alpha value is -3.26. The lowest BCUT2D eigenvalue weighted by atomic mass is 10.0. The molecule has 1 saturated heterocycles. The van der Waals surface area contributed by atoms with Gasteiger partial charge < -0.3 is 10.1 Å². The number of nitrogens with zero attached hydrogens (tertiary/aromatic N) is 3. The van der Waals surface area contributed by atoms with E-state index in [4.69, 9.17) is 4.74 Å². The largest absolute Gasteiger partial charge is 0.478 e. The van der Waals surface area contributed by atoms with Crippen molar-refractivity contribution in [1.29, 1.82) is 0 Å². The minimum absolute atomic E-state index is 0.0777. The molecule has 2 aromatic carbocycles. The number of carbonyl (C=O) groups is 1. The summed E-state index contributed by atoms with van der Waals surface area (Å²) in [5.41, 5.74) is 2.13. The van der Waals surface area contributed by atoms with Crippen molar-refractivity contribution >= 4 is 22.9 Å². The first-order chi connectivity index (χ1) is 14.6. The number of carbonyl (C=O) groups excluding carboxylic acids is 1. The van der Waals surface area contributed by atoms with Gasteiger partial charge in [0.15, 0.2) is 5.82 Å². The number of aromatic nitrogens is 2. The summed E-state index contributed by atoms with van der Waals surface area (Å²) < 4.78 is 18.7. The van der Waals surface area contributed by atoms with Gasteiger partial charge in [0, 0.05) is 31.7 Å². The van der Waals surface area contributed by atoms with E-state index in [1.165, 1.54) is 30.9 Å². The van der Waals surface area contributed by atoms with Crippen molar-refractivity contribution in [2.75, 3.05) is 25.5 Å². The second-order valence-electron chi connectivity index (χ2n) is 7.35. The van der Waals surface area contributed by atoms with Crippen molar-refractivity contribution in [3.63, 3.8) is 0 Å². The zero-order valence-electron chi connectivity index (χ0n) is 16.8. The van der Waals surface area contributed by atoms with Crippen LogP contribution in [0.2, 0.25) is 0 Å². The van der Waals surface area contributed by atoms with Gasteiger partial charge in [-0.15, -0.1) is 0 Å². The van der Waals surface area contributed by atoms with Crippen molar-refractivity contribution in [2.45, 2.75) is 25.4 Å². The van der Waals surface area contributed by atoms with Crippen molar-refractivity contribution in [3.8, 4) is 5.88 Å². The number of ether oxygens (including phenoxy) is 1. The van der Waals surface area contributed by atoms with Crippen LogP contribution in [0.25, 0.3) is 11.0 Å². The number of piperidine rings is 1. The number of hydrogen-bond acceptors (Lipinski definition) is 5. The number of urea groups is 1. The lowest BCUT2D eigenvalue weighted by Crippen LogP contribution is -2.45. The highest BCUT2D eigenvalue weighted by Crippen LogP contribution is 2.24. The van der Waals surface area contributed by atoms with E-state index in [9.17, 15) is 9.18 Å². The molecule has 1 fully saturated rings. The van der Waals surface area contributed by atoms with E-state index in [0.717, 1.165) is 32.5 Å². The van der Waals surface area contributed by atoms with E-state index >= 15 is 0 Å². The Morgan fingerprint density at radius 2 is 1.90 bits per heavy atom. The smallest absolute Gasteiger partial charge is 0.320 e. The number of halogens is 1. The van der Waals surface area contributed by atoms with Crippen molar-refractivity contribution in [1.82, 2.24) is 20.2 Å². The molecule has 156 valence electrons.